The minimum Gasteiger partial charge on any atom is -0.355 e. The van der Waals surface area contributed by atoms with Gasteiger partial charge in [0.1, 0.15) is 0 Å². The van der Waals surface area contributed by atoms with Gasteiger partial charge < -0.3 is 5.32 Å². The van der Waals surface area contributed by atoms with Crippen molar-refractivity contribution in [2.24, 2.45) is 5.92 Å². The molecule has 0 bridgehead atoms. The van der Waals surface area contributed by atoms with Crippen LogP contribution in [-0.2, 0) is 4.79 Å². The van der Waals surface area contributed by atoms with Crippen molar-refractivity contribution >= 4 is 5.91 Å². The average molecular weight is 180 g/mol. The van der Waals surface area contributed by atoms with Gasteiger partial charge in [-0.2, -0.15) is 0 Å². The summed E-state index contributed by atoms with van der Waals surface area (Å²) >= 11 is 0. The second kappa shape index (κ2) is 5.60. The van der Waals surface area contributed by atoms with Gasteiger partial charge in [-0.25, -0.2) is 0 Å². The summed E-state index contributed by atoms with van der Waals surface area (Å²) in [6.07, 6.45) is 8.86. The Kier molecular flexibility index (Phi) is 4.34. The number of carbonyl (C=O) groups excluding carboxylic acids is 1. The number of amides is 1. The van der Waals surface area contributed by atoms with E-state index < -0.39 is 0 Å². The van der Waals surface area contributed by atoms with E-state index in [-0.39, 0.29) is 5.91 Å². The zero-order valence-electron chi connectivity index (χ0n) is 7.81. The van der Waals surface area contributed by atoms with Crippen LogP contribution in [-0.4, -0.2) is 25.5 Å². The molecule has 0 aromatic heterocycles. The molecule has 1 fully saturated rings. The van der Waals surface area contributed by atoms with Crippen LogP contribution in [0.4, 0.5) is 0 Å². The van der Waals surface area contributed by atoms with E-state index in [1.807, 2.05) is 0 Å². The molecule has 1 amide bonds. The summed E-state index contributed by atoms with van der Waals surface area (Å²) in [5.41, 5.74) is 0. The molecule has 1 saturated carbocycles. The molecule has 1 rings (SSSR count). The standard InChI is InChI=1S/C10H16N2O/c1-2-6-11-8-10(13)12-7-9-4-3-5-9/h1,9,11H,3-8H2,(H,12,13). The Bertz CT molecular complexity index is 203. The molecular weight excluding hydrogens is 164 g/mol. The highest BCUT2D eigenvalue weighted by molar-refractivity contribution is 5.77. The second-order valence-electron chi connectivity index (χ2n) is 3.41. The summed E-state index contributed by atoms with van der Waals surface area (Å²) in [4.78, 5) is 11.1. The first-order chi connectivity index (χ1) is 6.33. The zero-order valence-corrected chi connectivity index (χ0v) is 7.81. The summed E-state index contributed by atoms with van der Waals surface area (Å²) in [6, 6.07) is 0. The van der Waals surface area contributed by atoms with Gasteiger partial charge in [0.2, 0.25) is 5.91 Å². The smallest absolute Gasteiger partial charge is 0.233 e. The summed E-state index contributed by atoms with van der Waals surface area (Å²) in [6.45, 7) is 1.62. The van der Waals surface area contributed by atoms with Crippen LogP contribution < -0.4 is 10.6 Å². The Morgan fingerprint density at radius 2 is 2.31 bits per heavy atom. The fourth-order valence-corrected chi connectivity index (χ4v) is 1.27. The average Bonchev–Trinajstić information content (AvgIpc) is 2.02. The number of nitrogens with one attached hydrogen (secondary N) is 2. The van der Waals surface area contributed by atoms with Crippen molar-refractivity contribution in [2.75, 3.05) is 19.6 Å². The van der Waals surface area contributed by atoms with Crippen molar-refractivity contribution < 1.29 is 4.79 Å². The van der Waals surface area contributed by atoms with E-state index in [0.29, 0.717) is 13.1 Å². The molecule has 0 unspecified atom stereocenters. The maximum atomic E-state index is 11.1. The van der Waals surface area contributed by atoms with Gasteiger partial charge in [0, 0.05) is 6.54 Å². The fourth-order valence-electron chi connectivity index (χ4n) is 1.27. The first-order valence-electron chi connectivity index (χ1n) is 4.74. The molecule has 1 aliphatic carbocycles. The molecule has 3 nitrogen and oxygen atoms in total. The SMILES string of the molecule is C#CCNCC(=O)NCC1CCC1. The molecule has 0 saturated heterocycles. The molecule has 0 aliphatic heterocycles. The Morgan fingerprint density at radius 3 is 2.85 bits per heavy atom. The lowest BCUT2D eigenvalue weighted by atomic mass is 9.85. The van der Waals surface area contributed by atoms with Gasteiger partial charge in [0.15, 0.2) is 0 Å². The monoisotopic (exact) mass is 180 g/mol. The van der Waals surface area contributed by atoms with Gasteiger partial charge in [-0.05, 0) is 18.8 Å². The minimum absolute atomic E-state index is 0.0437. The van der Waals surface area contributed by atoms with Crippen molar-refractivity contribution in [3.8, 4) is 12.3 Å². The highest BCUT2D eigenvalue weighted by atomic mass is 16.1. The van der Waals surface area contributed by atoms with Gasteiger partial charge >= 0.3 is 0 Å². The molecule has 0 aromatic carbocycles. The molecular formula is C10H16N2O. The molecule has 72 valence electrons. The molecule has 0 atom stereocenters. The third kappa shape index (κ3) is 3.95. The van der Waals surface area contributed by atoms with Crippen molar-refractivity contribution in [3.63, 3.8) is 0 Å². The molecule has 3 heteroatoms. The minimum atomic E-state index is 0.0437. The second-order valence-corrected chi connectivity index (χ2v) is 3.41. The first kappa shape index (κ1) is 10.1. The van der Waals surface area contributed by atoms with E-state index in [4.69, 9.17) is 6.42 Å². The lowest BCUT2D eigenvalue weighted by Crippen LogP contribution is -2.38. The molecule has 13 heavy (non-hydrogen) atoms. The van der Waals surface area contributed by atoms with Crippen LogP contribution in [0.15, 0.2) is 0 Å². The summed E-state index contributed by atoms with van der Waals surface area (Å²) < 4.78 is 0. The van der Waals surface area contributed by atoms with Gasteiger partial charge in [0.05, 0.1) is 13.1 Å². The zero-order chi connectivity index (χ0) is 9.52. The molecule has 0 heterocycles. The molecule has 2 N–H and O–H groups in total. The maximum absolute atomic E-state index is 11.1. The number of hydrogen-bond acceptors (Lipinski definition) is 2. The van der Waals surface area contributed by atoms with Gasteiger partial charge in [-0.3, -0.25) is 10.1 Å². The molecule has 0 spiro atoms. The Labute approximate surface area is 79.3 Å². The van der Waals surface area contributed by atoms with Crippen molar-refractivity contribution in [1.82, 2.24) is 10.6 Å². The Hall–Kier alpha value is -1.01. The summed E-state index contributed by atoms with van der Waals surface area (Å²) in [7, 11) is 0. The molecule has 1 aliphatic rings. The highest BCUT2D eigenvalue weighted by Crippen LogP contribution is 2.24. The quantitative estimate of drug-likeness (QED) is 0.466. The Morgan fingerprint density at radius 1 is 1.54 bits per heavy atom. The van der Waals surface area contributed by atoms with Gasteiger partial charge in [-0.1, -0.05) is 12.3 Å². The molecule has 0 aromatic rings. The lowest BCUT2D eigenvalue weighted by Gasteiger charge is -2.25. The summed E-state index contributed by atoms with van der Waals surface area (Å²) in [5.74, 6) is 3.18. The Balaban J connectivity index is 1.94. The fraction of sp³-hybridized carbons (Fsp3) is 0.700. The number of rotatable bonds is 5. The van der Waals surface area contributed by atoms with E-state index in [1.54, 1.807) is 0 Å². The number of carbonyl (C=O) groups is 1. The number of terminal acetylenes is 1. The van der Waals surface area contributed by atoms with Crippen molar-refractivity contribution in [1.29, 1.82) is 0 Å². The normalized spacial score (nSPS) is 15.9. The third-order valence-corrected chi connectivity index (χ3v) is 2.33. The van der Waals surface area contributed by atoms with E-state index in [9.17, 15) is 4.79 Å². The van der Waals surface area contributed by atoms with Crippen LogP contribution in [0.1, 0.15) is 19.3 Å². The van der Waals surface area contributed by atoms with Crippen molar-refractivity contribution in [3.05, 3.63) is 0 Å². The van der Waals surface area contributed by atoms with Crippen LogP contribution in [0, 0.1) is 18.3 Å². The van der Waals surface area contributed by atoms with Crippen LogP contribution in [0.2, 0.25) is 0 Å². The summed E-state index contributed by atoms with van der Waals surface area (Å²) in [5, 5.41) is 5.72. The number of hydrogen-bond donors (Lipinski definition) is 2. The van der Waals surface area contributed by atoms with Crippen LogP contribution >= 0.6 is 0 Å². The maximum Gasteiger partial charge on any atom is 0.233 e. The third-order valence-electron chi connectivity index (χ3n) is 2.33. The predicted octanol–water partition coefficient (Wildman–Crippen LogP) is 0.125. The lowest BCUT2D eigenvalue weighted by molar-refractivity contribution is -0.120. The van der Waals surface area contributed by atoms with Crippen LogP contribution in [0.25, 0.3) is 0 Å². The van der Waals surface area contributed by atoms with E-state index >= 15 is 0 Å². The van der Waals surface area contributed by atoms with Crippen molar-refractivity contribution in [2.45, 2.75) is 19.3 Å². The van der Waals surface area contributed by atoms with Gasteiger partial charge in [0.25, 0.3) is 0 Å². The van der Waals surface area contributed by atoms with E-state index in [0.717, 1.165) is 12.5 Å². The van der Waals surface area contributed by atoms with E-state index in [1.165, 1.54) is 19.3 Å². The van der Waals surface area contributed by atoms with Crippen LogP contribution in [0.5, 0.6) is 0 Å². The highest BCUT2D eigenvalue weighted by Gasteiger charge is 2.17. The van der Waals surface area contributed by atoms with Gasteiger partial charge in [-0.15, -0.1) is 6.42 Å². The van der Waals surface area contributed by atoms with Crippen LogP contribution in [0.3, 0.4) is 0 Å². The largest absolute Gasteiger partial charge is 0.355 e. The van der Waals surface area contributed by atoms with E-state index in [2.05, 4.69) is 16.6 Å². The molecule has 0 radical (unpaired) electrons. The predicted molar refractivity (Wildman–Crippen MR) is 52.1 cm³/mol. The topological polar surface area (TPSA) is 41.1 Å². The first-order valence-corrected chi connectivity index (χ1v) is 4.74.